The summed E-state index contributed by atoms with van der Waals surface area (Å²) in [7, 11) is 2.01. The minimum Gasteiger partial charge on any atom is -0.494 e. The van der Waals surface area contributed by atoms with Gasteiger partial charge in [-0.25, -0.2) is 0 Å². The van der Waals surface area contributed by atoms with Gasteiger partial charge in [-0.1, -0.05) is 6.07 Å². The van der Waals surface area contributed by atoms with Crippen molar-refractivity contribution < 1.29 is 4.74 Å². The van der Waals surface area contributed by atoms with Crippen molar-refractivity contribution in [1.29, 1.82) is 0 Å². The van der Waals surface area contributed by atoms with E-state index in [0.29, 0.717) is 12.3 Å². The maximum Gasteiger partial charge on any atom is 0.123 e. The van der Waals surface area contributed by atoms with Gasteiger partial charge in [-0.3, -0.25) is 4.98 Å². The molecule has 0 amide bonds. The number of rotatable bonds is 5. The van der Waals surface area contributed by atoms with E-state index in [1.807, 2.05) is 50.4 Å². The zero-order valence-electron chi connectivity index (χ0n) is 11.3. The highest BCUT2D eigenvalue weighted by Crippen LogP contribution is 2.25. The molecule has 19 heavy (non-hydrogen) atoms. The van der Waals surface area contributed by atoms with Crippen LogP contribution in [0, 0.1) is 0 Å². The summed E-state index contributed by atoms with van der Waals surface area (Å²) in [4.78, 5) is 6.42. The van der Waals surface area contributed by atoms with Gasteiger partial charge in [0, 0.05) is 36.8 Å². The third-order valence-corrected chi connectivity index (χ3v) is 2.79. The molecule has 1 aromatic heterocycles. The van der Waals surface area contributed by atoms with Crippen LogP contribution in [0.1, 0.15) is 12.6 Å². The molecule has 0 fully saturated rings. The van der Waals surface area contributed by atoms with E-state index in [4.69, 9.17) is 10.5 Å². The Labute approximate surface area is 113 Å². The summed E-state index contributed by atoms with van der Waals surface area (Å²) in [6.07, 6.45) is 1.80. The van der Waals surface area contributed by atoms with Crippen LogP contribution < -0.4 is 15.4 Å². The Morgan fingerprint density at radius 2 is 2.11 bits per heavy atom. The molecule has 1 aromatic carbocycles. The number of nitrogens with two attached hydrogens (primary N) is 1. The normalized spacial score (nSPS) is 10.2. The van der Waals surface area contributed by atoms with Crippen LogP contribution >= 0.6 is 0 Å². The van der Waals surface area contributed by atoms with Crippen LogP contribution in [0.4, 0.5) is 11.4 Å². The van der Waals surface area contributed by atoms with Crippen LogP contribution in [-0.2, 0) is 6.54 Å². The molecule has 0 aliphatic carbocycles. The number of nitrogen functional groups attached to an aromatic ring is 1. The lowest BCUT2D eigenvalue weighted by atomic mass is 10.2. The van der Waals surface area contributed by atoms with Crippen LogP contribution in [0.3, 0.4) is 0 Å². The zero-order chi connectivity index (χ0) is 13.7. The molecule has 0 aliphatic rings. The van der Waals surface area contributed by atoms with Crippen LogP contribution in [0.15, 0.2) is 42.6 Å². The summed E-state index contributed by atoms with van der Waals surface area (Å²) in [5.41, 5.74) is 8.64. The molecule has 0 saturated heterocycles. The number of pyridine rings is 1. The maximum atomic E-state index is 5.90. The van der Waals surface area contributed by atoms with Gasteiger partial charge >= 0.3 is 0 Å². The van der Waals surface area contributed by atoms with E-state index >= 15 is 0 Å². The Bertz CT molecular complexity index is 528. The molecule has 0 aliphatic heterocycles. The van der Waals surface area contributed by atoms with Gasteiger partial charge in [0.1, 0.15) is 5.75 Å². The summed E-state index contributed by atoms with van der Waals surface area (Å²) in [5.74, 6) is 0.797. The quantitative estimate of drug-likeness (QED) is 0.837. The second kappa shape index (κ2) is 6.09. The molecule has 0 spiro atoms. The fraction of sp³-hybridized carbons (Fsp3) is 0.267. The predicted octanol–water partition coefficient (Wildman–Crippen LogP) is 2.70. The summed E-state index contributed by atoms with van der Waals surface area (Å²) in [6, 6.07) is 11.7. The van der Waals surface area contributed by atoms with E-state index in [1.54, 1.807) is 6.20 Å². The summed E-state index contributed by atoms with van der Waals surface area (Å²) in [6.45, 7) is 3.32. The molecule has 0 saturated carbocycles. The number of aromatic nitrogens is 1. The summed E-state index contributed by atoms with van der Waals surface area (Å²) < 4.78 is 5.51. The highest BCUT2D eigenvalue weighted by Gasteiger charge is 2.06. The van der Waals surface area contributed by atoms with Crippen molar-refractivity contribution >= 4 is 11.4 Å². The fourth-order valence-electron chi connectivity index (χ4n) is 1.90. The second-order valence-corrected chi connectivity index (χ2v) is 4.37. The van der Waals surface area contributed by atoms with Gasteiger partial charge in [0.05, 0.1) is 18.8 Å². The molecule has 0 radical (unpaired) electrons. The molecule has 2 aromatic rings. The van der Waals surface area contributed by atoms with Gasteiger partial charge in [0.15, 0.2) is 0 Å². The molecule has 100 valence electrons. The average molecular weight is 257 g/mol. The van der Waals surface area contributed by atoms with Crippen molar-refractivity contribution in [1.82, 2.24) is 4.98 Å². The lowest BCUT2D eigenvalue weighted by Gasteiger charge is -2.20. The first-order chi connectivity index (χ1) is 9.19. The largest absolute Gasteiger partial charge is 0.494 e. The van der Waals surface area contributed by atoms with E-state index in [9.17, 15) is 0 Å². The van der Waals surface area contributed by atoms with E-state index in [0.717, 1.165) is 23.7 Å². The summed E-state index contributed by atoms with van der Waals surface area (Å²) >= 11 is 0. The molecular weight excluding hydrogens is 238 g/mol. The van der Waals surface area contributed by atoms with Gasteiger partial charge in [0.25, 0.3) is 0 Å². The van der Waals surface area contributed by atoms with E-state index in [-0.39, 0.29) is 0 Å². The number of anilines is 2. The number of hydrogen-bond acceptors (Lipinski definition) is 4. The van der Waals surface area contributed by atoms with E-state index in [2.05, 4.69) is 9.88 Å². The first-order valence-electron chi connectivity index (χ1n) is 6.33. The first kappa shape index (κ1) is 13.2. The Morgan fingerprint density at radius 1 is 1.26 bits per heavy atom. The maximum absolute atomic E-state index is 5.90. The van der Waals surface area contributed by atoms with Crippen molar-refractivity contribution in [2.24, 2.45) is 0 Å². The Morgan fingerprint density at radius 3 is 2.79 bits per heavy atom. The van der Waals surface area contributed by atoms with Crippen LogP contribution in [0.5, 0.6) is 5.75 Å². The number of nitrogens with zero attached hydrogens (tertiary/aromatic N) is 2. The van der Waals surface area contributed by atoms with Gasteiger partial charge < -0.3 is 15.4 Å². The minimum atomic E-state index is 0.632. The predicted molar refractivity (Wildman–Crippen MR) is 78.4 cm³/mol. The van der Waals surface area contributed by atoms with Crippen molar-refractivity contribution in [3.63, 3.8) is 0 Å². The summed E-state index contributed by atoms with van der Waals surface area (Å²) in [5, 5.41) is 0. The standard InChI is InChI=1S/C15H19N3O/c1-3-19-15-9-12(16)8-14(10-15)18(2)11-13-6-4-5-7-17-13/h4-10H,3,11,16H2,1-2H3. The molecule has 1 heterocycles. The van der Waals surface area contributed by atoms with Gasteiger partial charge in [0.2, 0.25) is 0 Å². The minimum absolute atomic E-state index is 0.632. The number of hydrogen-bond donors (Lipinski definition) is 1. The molecule has 4 heteroatoms. The molecule has 2 N–H and O–H groups in total. The van der Waals surface area contributed by atoms with Crippen molar-refractivity contribution in [2.75, 3.05) is 24.3 Å². The van der Waals surface area contributed by atoms with Crippen molar-refractivity contribution in [3.8, 4) is 5.75 Å². The third-order valence-electron chi connectivity index (χ3n) is 2.79. The van der Waals surface area contributed by atoms with E-state index in [1.165, 1.54) is 0 Å². The molecule has 0 bridgehead atoms. The van der Waals surface area contributed by atoms with E-state index < -0.39 is 0 Å². The highest BCUT2D eigenvalue weighted by molar-refractivity contribution is 5.60. The molecule has 0 atom stereocenters. The van der Waals surface area contributed by atoms with Crippen LogP contribution in [0.2, 0.25) is 0 Å². The molecule has 4 nitrogen and oxygen atoms in total. The lowest BCUT2D eigenvalue weighted by molar-refractivity contribution is 0.340. The topological polar surface area (TPSA) is 51.4 Å². The van der Waals surface area contributed by atoms with Gasteiger partial charge in [-0.2, -0.15) is 0 Å². The molecule has 2 rings (SSSR count). The third kappa shape index (κ3) is 3.61. The smallest absolute Gasteiger partial charge is 0.123 e. The zero-order valence-corrected chi connectivity index (χ0v) is 11.3. The van der Waals surface area contributed by atoms with Crippen molar-refractivity contribution in [2.45, 2.75) is 13.5 Å². The van der Waals surface area contributed by atoms with Crippen LogP contribution in [-0.4, -0.2) is 18.6 Å². The molecule has 0 unspecified atom stereocenters. The second-order valence-electron chi connectivity index (χ2n) is 4.37. The first-order valence-corrected chi connectivity index (χ1v) is 6.33. The highest BCUT2D eigenvalue weighted by atomic mass is 16.5. The number of benzene rings is 1. The van der Waals surface area contributed by atoms with Crippen LogP contribution in [0.25, 0.3) is 0 Å². The Kier molecular flexibility index (Phi) is 4.23. The van der Waals surface area contributed by atoms with Gasteiger partial charge in [-0.05, 0) is 25.1 Å². The average Bonchev–Trinajstić information content (AvgIpc) is 2.39. The van der Waals surface area contributed by atoms with Gasteiger partial charge in [-0.15, -0.1) is 0 Å². The SMILES string of the molecule is CCOc1cc(N)cc(N(C)Cc2ccccn2)c1. The lowest BCUT2D eigenvalue weighted by Crippen LogP contribution is -2.17. The Balaban J connectivity index is 2.16. The monoisotopic (exact) mass is 257 g/mol. The fourth-order valence-corrected chi connectivity index (χ4v) is 1.90. The van der Waals surface area contributed by atoms with Crippen molar-refractivity contribution in [3.05, 3.63) is 48.3 Å². The molecular formula is C15H19N3O. The Hall–Kier alpha value is -2.23. The number of ether oxygens (including phenoxy) is 1.